The molecule has 20 heavy (non-hydrogen) atoms. The van der Waals surface area contributed by atoms with E-state index in [0.717, 1.165) is 13.2 Å². The number of benzene rings is 1. The Hall–Kier alpha value is -0.860. The van der Waals surface area contributed by atoms with Crippen LogP contribution in [-0.2, 0) is 11.2 Å². The molecule has 2 heteroatoms. The van der Waals surface area contributed by atoms with E-state index in [2.05, 4.69) is 43.4 Å². The first kappa shape index (κ1) is 15.5. The second kappa shape index (κ2) is 8.43. The third-order valence-electron chi connectivity index (χ3n) is 4.17. The Morgan fingerprint density at radius 3 is 2.65 bits per heavy atom. The molecule has 2 unspecified atom stereocenters. The van der Waals surface area contributed by atoms with Crippen molar-refractivity contribution < 1.29 is 4.74 Å². The first-order chi connectivity index (χ1) is 9.83. The summed E-state index contributed by atoms with van der Waals surface area (Å²) in [5, 5.41) is 3.62. The van der Waals surface area contributed by atoms with Gasteiger partial charge in [-0.3, -0.25) is 0 Å². The molecule has 1 aromatic carbocycles. The first-order valence-electron chi connectivity index (χ1n) is 8.27. The minimum absolute atomic E-state index is 0.472. The zero-order chi connectivity index (χ0) is 14.2. The molecule has 0 spiro atoms. The van der Waals surface area contributed by atoms with Crippen LogP contribution in [0, 0.1) is 0 Å². The molecule has 1 fully saturated rings. The minimum Gasteiger partial charge on any atom is -0.378 e. The molecule has 0 bridgehead atoms. The van der Waals surface area contributed by atoms with Crippen molar-refractivity contribution in [3.8, 4) is 0 Å². The molecule has 0 amide bonds. The first-order valence-corrected chi connectivity index (χ1v) is 8.27. The van der Waals surface area contributed by atoms with E-state index in [4.69, 9.17) is 4.74 Å². The predicted molar refractivity (Wildman–Crippen MR) is 85.1 cm³/mol. The molecule has 1 aliphatic rings. The third-order valence-corrected chi connectivity index (χ3v) is 4.17. The maximum atomic E-state index is 5.74. The summed E-state index contributed by atoms with van der Waals surface area (Å²) < 4.78 is 5.74. The SMILES string of the molecule is CCCc1ccc(C(CCC2CCCO2)NCC)cc1. The van der Waals surface area contributed by atoms with Crippen LogP contribution in [0.5, 0.6) is 0 Å². The van der Waals surface area contributed by atoms with Gasteiger partial charge in [0.25, 0.3) is 0 Å². The van der Waals surface area contributed by atoms with Crippen LogP contribution >= 0.6 is 0 Å². The summed E-state index contributed by atoms with van der Waals surface area (Å²) in [7, 11) is 0. The van der Waals surface area contributed by atoms with E-state index in [-0.39, 0.29) is 0 Å². The second-order valence-corrected chi connectivity index (χ2v) is 5.81. The average molecular weight is 275 g/mol. The summed E-state index contributed by atoms with van der Waals surface area (Å²) in [6.45, 7) is 6.40. The van der Waals surface area contributed by atoms with Crippen molar-refractivity contribution in [2.24, 2.45) is 0 Å². The van der Waals surface area contributed by atoms with Crippen molar-refractivity contribution >= 4 is 0 Å². The van der Waals surface area contributed by atoms with Crippen LogP contribution in [-0.4, -0.2) is 19.3 Å². The number of aryl methyl sites for hydroxylation is 1. The number of rotatable bonds is 8. The zero-order valence-corrected chi connectivity index (χ0v) is 13.0. The molecular weight excluding hydrogens is 246 g/mol. The van der Waals surface area contributed by atoms with Crippen molar-refractivity contribution in [2.45, 2.75) is 64.5 Å². The van der Waals surface area contributed by atoms with Crippen LogP contribution in [0.2, 0.25) is 0 Å². The third kappa shape index (κ3) is 4.60. The Kier molecular flexibility index (Phi) is 6.55. The van der Waals surface area contributed by atoms with Gasteiger partial charge in [0.15, 0.2) is 0 Å². The lowest BCUT2D eigenvalue weighted by Gasteiger charge is -2.20. The fraction of sp³-hybridized carbons (Fsp3) is 0.667. The van der Waals surface area contributed by atoms with Crippen LogP contribution in [0.25, 0.3) is 0 Å². The predicted octanol–water partition coefficient (Wildman–Crippen LogP) is 4.25. The van der Waals surface area contributed by atoms with Crippen molar-refractivity contribution in [1.82, 2.24) is 5.32 Å². The summed E-state index contributed by atoms with van der Waals surface area (Å²) >= 11 is 0. The van der Waals surface area contributed by atoms with E-state index >= 15 is 0 Å². The fourth-order valence-corrected chi connectivity index (χ4v) is 3.06. The molecule has 2 atom stereocenters. The summed E-state index contributed by atoms with van der Waals surface area (Å²) in [4.78, 5) is 0. The van der Waals surface area contributed by atoms with E-state index in [1.165, 1.54) is 49.7 Å². The molecule has 0 aromatic heterocycles. The van der Waals surface area contributed by atoms with Gasteiger partial charge in [0, 0.05) is 12.6 Å². The van der Waals surface area contributed by atoms with Gasteiger partial charge in [0.1, 0.15) is 0 Å². The van der Waals surface area contributed by atoms with Crippen LogP contribution in [0.4, 0.5) is 0 Å². The molecule has 0 aliphatic carbocycles. The Morgan fingerprint density at radius 2 is 2.05 bits per heavy atom. The summed E-state index contributed by atoms with van der Waals surface area (Å²) in [5.41, 5.74) is 2.87. The maximum absolute atomic E-state index is 5.74. The van der Waals surface area contributed by atoms with E-state index < -0.39 is 0 Å². The van der Waals surface area contributed by atoms with E-state index in [9.17, 15) is 0 Å². The lowest BCUT2D eigenvalue weighted by molar-refractivity contribution is 0.0996. The normalized spacial score (nSPS) is 20.2. The van der Waals surface area contributed by atoms with Gasteiger partial charge in [0.2, 0.25) is 0 Å². The zero-order valence-electron chi connectivity index (χ0n) is 13.0. The minimum atomic E-state index is 0.472. The van der Waals surface area contributed by atoms with Gasteiger partial charge in [-0.25, -0.2) is 0 Å². The molecule has 2 rings (SSSR count). The molecule has 1 heterocycles. The Labute approximate surface area is 123 Å². The van der Waals surface area contributed by atoms with Crippen molar-refractivity contribution in [3.05, 3.63) is 35.4 Å². The van der Waals surface area contributed by atoms with Crippen LogP contribution in [0.3, 0.4) is 0 Å². The molecule has 0 saturated carbocycles. The van der Waals surface area contributed by atoms with Crippen LogP contribution < -0.4 is 5.32 Å². The number of ether oxygens (including phenoxy) is 1. The Morgan fingerprint density at radius 1 is 1.25 bits per heavy atom. The van der Waals surface area contributed by atoms with Gasteiger partial charge >= 0.3 is 0 Å². The lowest BCUT2D eigenvalue weighted by Crippen LogP contribution is -2.22. The summed E-state index contributed by atoms with van der Waals surface area (Å²) in [6.07, 6.45) is 7.73. The Bertz CT molecular complexity index is 368. The number of nitrogens with one attached hydrogen (secondary N) is 1. The van der Waals surface area contributed by atoms with E-state index in [1.807, 2.05) is 0 Å². The monoisotopic (exact) mass is 275 g/mol. The highest BCUT2D eigenvalue weighted by Crippen LogP contribution is 2.24. The van der Waals surface area contributed by atoms with Gasteiger partial charge in [-0.2, -0.15) is 0 Å². The molecule has 1 aromatic rings. The topological polar surface area (TPSA) is 21.3 Å². The highest BCUT2D eigenvalue weighted by Gasteiger charge is 2.18. The van der Waals surface area contributed by atoms with Crippen molar-refractivity contribution in [2.75, 3.05) is 13.2 Å². The Balaban J connectivity index is 1.91. The molecule has 112 valence electrons. The van der Waals surface area contributed by atoms with E-state index in [0.29, 0.717) is 12.1 Å². The number of hydrogen-bond donors (Lipinski definition) is 1. The average Bonchev–Trinajstić information content (AvgIpc) is 2.98. The summed E-state index contributed by atoms with van der Waals surface area (Å²) in [6, 6.07) is 9.64. The van der Waals surface area contributed by atoms with Gasteiger partial charge in [-0.05, 0) is 49.8 Å². The quantitative estimate of drug-likeness (QED) is 0.766. The molecule has 1 saturated heterocycles. The van der Waals surface area contributed by atoms with Crippen molar-refractivity contribution in [3.63, 3.8) is 0 Å². The summed E-state index contributed by atoms with van der Waals surface area (Å²) in [5.74, 6) is 0. The molecule has 1 N–H and O–H groups in total. The second-order valence-electron chi connectivity index (χ2n) is 5.81. The van der Waals surface area contributed by atoms with Crippen LogP contribution in [0.1, 0.15) is 63.1 Å². The van der Waals surface area contributed by atoms with Crippen molar-refractivity contribution in [1.29, 1.82) is 0 Å². The highest BCUT2D eigenvalue weighted by molar-refractivity contribution is 5.25. The lowest BCUT2D eigenvalue weighted by atomic mass is 9.97. The van der Waals surface area contributed by atoms with Gasteiger partial charge < -0.3 is 10.1 Å². The molecule has 1 aliphatic heterocycles. The fourth-order valence-electron chi connectivity index (χ4n) is 3.06. The smallest absolute Gasteiger partial charge is 0.0576 e. The number of hydrogen-bond acceptors (Lipinski definition) is 2. The van der Waals surface area contributed by atoms with Gasteiger partial charge in [0.05, 0.1) is 6.10 Å². The molecule has 0 radical (unpaired) electrons. The molecular formula is C18H29NO. The van der Waals surface area contributed by atoms with E-state index in [1.54, 1.807) is 0 Å². The highest BCUT2D eigenvalue weighted by atomic mass is 16.5. The van der Waals surface area contributed by atoms with Gasteiger partial charge in [-0.1, -0.05) is 44.5 Å². The largest absolute Gasteiger partial charge is 0.378 e. The van der Waals surface area contributed by atoms with Crippen LogP contribution in [0.15, 0.2) is 24.3 Å². The van der Waals surface area contributed by atoms with Gasteiger partial charge in [-0.15, -0.1) is 0 Å². The standard InChI is InChI=1S/C18H29NO/c1-3-6-15-8-10-16(11-9-15)18(19-4-2)13-12-17-7-5-14-20-17/h8-11,17-19H,3-7,12-14H2,1-2H3. The maximum Gasteiger partial charge on any atom is 0.0576 e. The molecule has 2 nitrogen and oxygen atoms in total.